The highest BCUT2D eigenvalue weighted by Crippen LogP contribution is 2.06. The number of hydrogen-bond donors (Lipinski definition) is 2. The number of aliphatic carboxylic acids is 1. The van der Waals surface area contributed by atoms with Crippen LogP contribution in [0, 0.1) is 0 Å². The van der Waals surface area contributed by atoms with Crippen LogP contribution in [-0.2, 0) is 21.2 Å². The molecule has 0 atom stereocenters. The Morgan fingerprint density at radius 3 is 2.61 bits per heavy atom. The minimum Gasteiger partial charge on any atom is -0.480 e. The van der Waals surface area contributed by atoms with Gasteiger partial charge in [-0.15, -0.1) is 0 Å². The van der Waals surface area contributed by atoms with Crippen LogP contribution in [0.25, 0.3) is 0 Å². The SMILES string of the molecule is CC(C)(NS(=O)(=O)CCc1ccccn1)C(=O)O. The monoisotopic (exact) mass is 272 g/mol. The van der Waals surface area contributed by atoms with E-state index in [-0.39, 0.29) is 12.2 Å². The Labute approximate surface area is 106 Å². The molecule has 18 heavy (non-hydrogen) atoms. The lowest BCUT2D eigenvalue weighted by molar-refractivity contribution is -0.142. The summed E-state index contributed by atoms with van der Waals surface area (Å²) in [6, 6.07) is 5.23. The lowest BCUT2D eigenvalue weighted by Crippen LogP contribution is -2.50. The maximum atomic E-state index is 11.7. The van der Waals surface area contributed by atoms with Crippen LogP contribution in [-0.4, -0.2) is 35.8 Å². The van der Waals surface area contributed by atoms with E-state index in [2.05, 4.69) is 9.71 Å². The molecule has 0 radical (unpaired) electrons. The minimum atomic E-state index is -3.65. The molecule has 7 heteroatoms. The van der Waals surface area contributed by atoms with E-state index in [4.69, 9.17) is 5.11 Å². The Hall–Kier alpha value is -1.47. The summed E-state index contributed by atoms with van der Waals surface area (Å²) in [7, 11) is -3.65. The van der Waals surface area contributed by atoms with Crippen molar-refractivity contribution in [2.45, 2.75) is 25.8 Å². The van der Waals surface area contributed by atoms with Crippen molar-refractivity contribution >= 4 is 16.0 Å². The summed E-state index contributed by atoms with van der Waals surface area (Å²) in [5.74, 6) is -1.41. The van der Waals surface area contributed by atoms with Crippen LogP contribution in [0.2, 0.25) is 0 Å². The van der Waals surface area contributed by atoms with Crippen LogP contribution >= 0.6 is 0 Å². The number of carboxylic acid groups (broad SMARTS) is 1. The predicted molar refractivity (Wildman–Crippen MR) is 66.6 cm³/mol. The molecular formula is C11H16N2O4S. The summed E-state index contributed by atoms with van der Waals surface area (Å²) in [5.41, 5.74) is -0.862. The Morgan fingerprint density at radius 2 is 2.11 bits per heavy atom. The summed E-state index contributed by atoms with van der Waals surface area (Å²) >= 11 is 0. The molecule has 0 aromatic carbocycles. The molecule has 0 spiro atoms. The largest absolute Gasteiger partial charge is 0.480 e. The van der Waals surface area contributed by atoms with Gasteiger partial charge in [0.1, 0.15) is 5.54 Å². The summed E-state index contributed by atoms with van der Waals surface area (Å²) in [6.45, 7) is 2.60. The van der Waals surface area contributed by atoms with Crippen LogP contribution < -0.4 is 4.72 Å². The molecule has 1 heterocycles. The molecule has 2 N–H and O–H groups in total. The number of sulfonamides is 1. The van der Waals surface area contributed by atoms with Gasteiger partial charge in [-0.3, -0.25) is 9.78 Å². The number of rotatable bonds is 6. The Bertz CT molecular complexity index is 511. The van der Waals surface area contributed by atoms with Gasteiger partial charge in [0.25, 0.3) is 0 Å². The van der Waals surface area contributed by atoms with Crippen LogP contribution in [0.3, 0.4) is 0 Å². The average molecular weight is 272 g/mol. The van der Waals surface area contributed by atoms with Crippen molar-refractivity contribution in [2.24, 2.45) is 0 Å². The first-order valence-electron chi connectivity index (χ1n) is 5.38. The van der Waals surface area contributed by atoms with Crippen molar-refractivity contribution in [3.8, 4) is 0 Å². The van der Waals surface area contributed by atoms with Crippen molar-refractivity contribution in [1.29, 1.82) is 0 Å². The van der Waals surface area contributed by atoms with Gasteiger partial charge in [-0.2, -0.15) is 4.72 Å². The molecule has 0 aliphatic carbocycles. The molecule has 0 aliphatic heterocycles. The minimum absolute atomic E-state index is 0.194. The number of aryl methyl sites for hydroxylation is 1. The molecule has 0 fully saturated rings. The highest BCUT2D eigenvalue weighted by molar-refractivity contribution is 7.89. The molecule has 1 aromatic heterocycles. The number of aromatic nitrogens is 1. The zero-order valence-corrected chi connectivity index (χ0v) is 11.1. The van der Waals surface area contributed by atoms with Gasteiger partial charge in [0.2, 0.25) is 10.0 Å². The molecule has 100 valence electrons. The van der Waals surface area contributed by atoms with Gasteiger partial charge < -0.3 is 5.11 Å². The van der Waals surface area contributed by atoms with Crippen molar-refractivity contribution in [3.63, 3.8) is 0 Å². The second kappa shape index (κ2) is 5.45. The summed E-state index contributed by atoms with van der Waals surface area (Å²) in [5, 5.41) is 8.85. The maximum absolute atomic E-state index is 11.7. The van der Waals surface area contributed by atoms with E-state index in [0.717, 1.165) is 0 Å². The Morgan fingerprint density at radius 1 is 1.44 bits per heavy atom. The fraction of sp³-hybridized carbons (Fsp3) is 0.455. The number of nitrogens with one attached hydrogen (secondary N) is 1. The maximum Gasteiger partial charge on any atom is 0.324 e. The third kappa shape index (κ3) is 4.42. The standard InChI is InChI=1S/C11H16N2O4S/c1-11(2,10(14)15)13-18(16,17)8-6-9-5-3-4-7-12-9/h3-5,7,13H,6,8H2,1-2H3,(H,14,15). The Balaban J connectivity index is 2.64. The molecule has 6 nitrogen and oxygen atoms in total. The van der Waals surface area contributed by atoms with Gasteiger partial charge in [0, 0.05) is 18.3 Å². The van der Waals surface area contributed by atoms with Crippen LogP contribution in [0.15, 0.2) is 24.4 Å². The number of nitrogens with zero attached hydrogens (tertiary/aromatic N) is 1. The zero-order valence-electron chi connectivity index (χ0n) is 10.3. The topological polar surface area (TPSA) is 96.4 Å². The highest BCUT2D eigenvalue weighted by Gasteiger charge is 2.31. The first-order valence-corrected chi connectivity index (χ1v) is 7.03. The van der Waals surface area contributed by atoms with E-state index in [1.807, 2.05) is 0 Å². The van der Waals surface area contributed by atoms with E-state index < -0.39 is 21.5 Å². The van der Waals surface area contributed by atoms with E-state index in [0.29, 0.717) is 5.69 Å². The highest BCUT2D eigenvalue weighted by atomic mass is 32.2. The molecule has 0 saturated carbocycles. The van der Waals surface area contributed by atoms with Gasteiger partial charge in [-0.25, -0.2) is 8.42 Å². The third-order valence-corrected chi connectivity index (χ3v) is 3.86. The fourth-order valence-electron chi connectivity index (χ4n) is 1.27. The summed E-state index contributed by atoms with van der Waals surface area (Å²) in [4.78, 5) is 14.8. The van der Waals surface area contributed by atoms with Gasteiger partial charge in [-0.1, -0.05) is 6.07 Å². The molecule has 0 amide bonds. The van der Waals surface area contributed by atoms with Crippen LogP contribution in [0.4, 0.5) is 0 Å². The smallest absolute Gasteiger partial charge is 0.324 e. The first kappa shape index (κ1) is 14.6. The fourth-order valence-corrected chi connectivity index (χ4v) is 2.71. The second-order valence-corrected chi connectivity index (χ2v) is 6.26. The van der Waals surface area contributed by atoms with Gasteiger partial charge in [0.15, 0.2) is 0 Å². The van der Waals surface area contributed by atoms with E-state index in [1.54, 1.807) is 24.4 Å². The van der Waals surface area contributed by atoms with Crippen LogP contribution in [0.5, 0.6) is 0 Å². The third-order valence-electron chi connectivity index (χ3n) is 2.30. The van der Waals surface area contributed by atoms with Crippen LogP contribution in [0.1, 0.15) is 19.5 Å². The van der Waals surface area contributed by atoms with E-state index in [1.165, 1.54) is 13.8 Å². The van der Waals surface area contributed by atoms with Gasteiger partial charge in [0.05, 0.1) is 5.75 Å². The molecule has 0 unspecified atom stereocenters. The van der Waals surface area contributed by atoms with Crippen molar-refractivity contribution < 1.29 is 18.3 Å². The number of hydrogen-bond acceptors (Lipinski definition) is 4. The molecule has 0 bridgehead atoms. The lowest BCUT2D eigenvalue weighted by Gasteiger charge is -2.20. The van der Waals surface area contributed by atoms with Gasteiger partial charge in [-0.05, 0) is 26.0 Å². The molecular weight excluding hydrogens is 256 g/mol. The number of pyridine rings is 1. The van der Waals surface area contributed by atoms with Gasteiger partial charge >= 0.3 is 5.97 Å². The summed E-state index contributed by atoms with van der Waals surface area (Å²) in [6.07, 6.45) is 1.82. The lowest BCUT2D eigenvalue weighted by atomic mass is 10.1. The quantitative estimate of drug-likeness (QED) is 0.781. The molecule has 0 saturated heterocycles. The molecule has 0 aliphatic rings. The van der Waals surface area contributed by atoms with Crippen molar-refractivity contribution in [1.82, 2.24) is 9.71 Å². The first-order chi connectivity index (χ1) is 8.23. The van der Waals surface area contributed by atoms with Crippen molar-refractivity contribution in [2.75, 3.05) is 5.75 Å². The average Bonchev–Trinajstić information content (AvgIpc) is 2.26. The summed E-state index contributed by atoms with van der Waals surface area (Å²) < 4.78 is 25.6. The zero-order chi connectivity index (χ0) is 13.8. The normalized spacial score (nSPS) is 12.3. The van der Waals surface area contributed by atoms with E-state index in [9.17, 15) is 13.2 Å². The predicted octanol–water partition coefficient (Wildman–Crippen LogP) is 0.407. The number of carbonyl (C=O) groups is 1. The number of carboxylic acids is 1. The van der Waals surface area contributed by atoms with E-state index >= 15 is 0 Å². The molecule has 1 aromatic rings. The second-order valence-electron chi connectivity index (χ2n) is 4.42. The molecule has 1 rings (SSSR count). The van der Waals surface area contributed by atoms with Crippen molar-refractivity contribution in [3.05, 3.63) is 30.1 Å². The Kier molecular flexibility index (Phi) is 4.42.